The maximum absolute atomic E-state index is 8.64. The summed E-state index contributed by atoms with van der Waals surface area (Å²) in [5.41, 5.74) is 0.0606. The third-order valence-corrected chi connectivity index (χ3v) is 2.92. The summed E-state index contributed by atoms with van der Waals surface area (Å²) < 4.78 is 5.49. The van der Waals surface area contributed by atoms with E-state index in [1.165, 1.54) is 0 Å². The SMILES string of the molecule is CC(C#N)CNC1(C)CCOC1C. The Morgan fingerprint density at radius 3 is 2.92 bits per heavy atom. The summed E-state index contributed by atoms with van der Waals surface area (Å²) in [5.74, 6) is 0.0737. The van der Waals surface area contributed by atoms with E-state index in [1.54, 1.807) is 0 Å². The molecule has 74 valence electrons. The van der Waals surface area contributed by atoms with Gasteiger partial charge in [0.1, 0.15) is 0 Å². The fourth-order valence-electron chi connectivity index (χ4n) is 1.50. The number of rotatable bonds is 3. The molecule has 0 aromatic rings. The van der Waals surface area contributed by atoms with Crippen LogP contribution in [0.3, 0.4) is 0 Å². The second kappa shape index (κ2) is 4.08. The van der Waals surface area contributed by atoms with Crippen molar-refractivity contribution in [2.75, 3.05) is 13.2 Å². The van der Waals surface area contributed by atoms with Crippen molar-refractivity contribution >= 4 is 0 Å². The van der Waals surface area contributed by atoms with Gasteiger partial charge in [-0.15, -0.1) is 0 Å². The summed E-state index contributed by atoms with van der Waals surface area (Å²) in [4.78, 5) is 0. The molecule has 0 aliphatic carbocycles. The van der Waals surface area contributed by atoms with Crippen LogP contribution in [-0.2, 0) is 4.74 Å². The Morgan fingerprint density at radius 1 is 1.77 bits per heavy atom. The van der Waals surface area contributed by atoms with Crippen LogP contribution in [0.1, 0.15) is 27.2 Å². The molecule has 0 saturated carbocycles. The minimum atomic E-state index is 0.0606. The topological polar surface area (TPSA) is 45.0 Å². The molecule has 0 aromatic carbocycles. The van der Waals surface area contributed by atoms with Crippen LogP contribution in [-0.4, -0.2) is 24.8 Å². The van der Waals surface area contributed by atoms with Crippen molar-refractivity contribution in [3.05, 3.63) is 0 Å². The van der Waals surface area contributed by atoms with Gasteiger partial charge < -0.3 is 10.1 Å². The summed E-state index contributed by atoms with van der Waals surface area (Å²) >= 11 is 0. The minimum absolute atomic E-state index is 0.0606. The van der Waals surface area contributed by atoms with Crippen LogP contribution in [0.4, 0.5) is 0 Å². The standard InChI is InChI=1S/C10H18N2O/c1-8(6-11)7-12-10(3)4-5-13-9(10)2/h8-9,12H,4-5,7H2,1-3H3. The first-order valence-corrected chi connectivity index (χ1v) is 4.85. The van der Waals surface area contributed by atoms with Crippen LogP contribution in [0.5, 0.6) is 0 Å². The Labute approximate surface area is 80.1 Å². The van der Waals surface area contributed by atoms with E-state index in [0.717, 1.165) is 19.6 Å². The van der Waals surface area contributed by atoms with Crippen molar-refractivity contribution in [3.63, 3.8) is 0 Å². The third kappa shape index (κ3) is 2.43. The molecule has 3 heteroatoms. The van der Waals surface area contributed by atoms with Crippen LogP contribution in [0, 0.1) is 17.2 Å². The average molecular weight is 182 g/mol. The zero-order valence-electron chi connectivity index (χ0n) is 8.63. The van der Waals surface area contributed by atoms with E-state index in [1.807, 2.05) is 6.92 Å². The fraction of sp³-hybridized carbons (Fsp3) is 0.900. The van der Waals surface area contributed by atoms with Crippen molar-refractivity contribution in [2.45, 2.75) is 38.8 Å². The van der Waals surface area contributed by atoms with E-state index >= 15 is 0 Å². The van der Waals surface area contributed by atoms with Crippen molar-refractivity contribution in [2.24, 2.45) is 5.92 Å². The Morgan fingerprint density at radius 2 is 2.46 bits per heavy atom. The zero-order valence-corrected chi connectivity index (χ0v) is 8.63. The lowest BCUT2D eigenvalue weighted by Crippen LogP contribution is -2.49. The molecule has 3 nitrogen and oxygen atoms in total. The summed E-state index contributed by atoms with van der Waals surface area (Å²) in [6.45, 7) is 7.74. The molecule has 0 radical (unpaired) electrons. The lowest BCUT2D eigenvalue weighted by atomic mass is 9.94. The van der Waals surface area contributed by atoms with Crippen molar-refractivity contribution < 1.29 is 4.74 Å². The molecule has 1 aliphatic rings. The largest absolute Gasteiger partial charge is 0.377 e. The third-order valence-electron chi connectivity index (χ3n) is 2.92. The van der Waals surface area contributed by atoms with E-state index < -0.39 is 0 Å². The Bertz CT molecular complexity index is 211. The van der Waals surface area contributed by atoms with Crippen LogP contribution in [0.25, 0.3) is 0 Å². The molecule has 3 atom stereocenters. The van der Waals surface area contributed by atoms with Gasteiger partial charge in [0, 0.05) is 18.7 Å². The molecule has 1 fully saturated rings. The summed E-state index contributed by atoms with van der Waals surface area (Å²) in [6.07, 6.45) is 1.28. The van der Waals surface area contributed by atoms with Gasteiger partial charge in [0.25, 0.3) is 0 Å². The van der Waals surface area contributed by atoms with Gasteiger partial charge in [0.15, 0.2) is 0 Å². The molecule has 0 amide bonds. The van der Waals surface area contributed by atoms with Gasteiger partial charge in [-0.3, -0.25) is 0 Å². The number of hydrogen-bond acceptors (Lipinski definition) is 3. The first kappa shape index (κ1) is 10.5. The van der Waals surface area contributed by atoms with Crippen LogP contribution in [0.15, 0.2) is 0 Å². The highest BCUT2D eigenvalue weighted by atomic mass is 16.5. The number of nitrogens with zero attached hydrogens (tertiary/aromatic N) is 1. The summed E-state index contributed by atoms with van der Waals surface area (Å²) in [7, 11) is 0. The van der Waals surface area contributed by atoms with E-state index in [9.17, 15) is 0 Å². The smallest absolute Gasteiger partial charge is 0.0726 e. The molecule has 13 heavy (non-hydrogen) atoms. The van der Waals surface area contributed by atoms with Gasteiger partial charge in [-0.05, 0) is 27.2 Å². The summed E-state index contributed by atoms with van der Waals surface area (Å²) in [6, 6.07) is 2.22. The van der Waals surface area contributed by atoms with E-state index in [-0.39, 0.29) is 17.6 Å². The predicted octanol–water partition coefficient (Wildman–Crippen LogP) is 1.30. The molecule has 1 N–H and O–H groups in total. The monoisotopic (exact) mass is 182 g/mol. The maximum Gasteiger partial charge on any atom is 0.0726 e. The lowest BCUT2D eigenvalue weighted by Gasteiger charge is -2.29. The number of ether oxygens (including phenoxy) is 1. The Kier molecular flexibility index (Phi) is 3.29. The van der Waals surface area contributed by atoms with Gasteiger partial charge in [0.05, 0.1) is 18.1 Å². The predicted molar refractivity (Wildman–Crippen MR) is 51.2 cm³/mol. The maximum atomic E-state index is 8.64. The highest BCUT2D eigenvalue weighted by molar-refractivity contribution is 4.95. The van der Waals surface area contributed by atoms with Crippen molar-refractivity contribution in [1.29, 1.82) is 5.26 Å². The Hall–Kier alpha value is -0.590. The van der Waals surface area contributed by atoms with Crippen LogP contribution >= 0.6 is 0 Å². The van der Waals surface area contributed by atoms with Gasteiger partial charge in [-0.25, -0.2) is 0 Å². The molecule has 0 spiro atoms. The summed E-state index contributed by atoms with van der Waals surface area (Å²) in [5, 5.41) is 12.0. The molecule has 1 rings (SSSR count). The molecule has 1 heterocycles. The quantitative estimate of drug-likeness (QED) is 0.715. The van der Waals surface area contributed by atoms with E-state index in [2.05, 4.69) is 25.2 Å². The van der Waals surface area contributed by atoms with Gasteiger partial charge >= 0.3 is 0 Å². The molecular weight excluding hydrogens is 164 g/mol. The van der Waals surface area contributed by atoms with E-state index in [0.29, 0.717) is 0 Å². The highest BCUT2D eigenvalue weighted by Gasteiger charge is 2.36. The molecule has 0 bridgehead atoms. The van der Waals surface area contributed by atoms with Crippen LogP contribution < -0.4 is 5.32 Å². The normalized spacial score (nSPS) is 35.7. The zero-order chi connectivity index (χ0) is 9.90. The fourth-order valence-corrected chi connectivity index (χ4v) is 1.50. The number of nitrogens with one attached hydrogen (secondary N) is 1. The molecule has 0 aromatic heterocycles. The van der Waals surface area contributed by atoms with E-state index in [4.69, 9.17) is 10.00 Å². The lowest BCUT2D eigenvalue weighted by molar-refractivity contribution is 0.0881. The molecule has 3 unspecified atom stereocenters. The molecular formula is C10H18N2O. The second-order valence-corrected chi connectivity index (χ2v) is 4.09. The van der Waals surface area contributed by atoms with Crippen molar-refractivity contribution in [1.82, 2.24) is 5.32 Å². The molecule has 1 saturated heterocycles. The average Bonchev–Trinajstić information content (AvgIpc) is 2.44. The second-order valence-electron chi connectivity index (χ2n) is 4.09. The first-order valence-electron chi connectivity index (χ1n) is 4.85. The minimum Gasteiger partial charge on any atom is -0.377 e. The number of nitriles is 1. The van der Waals surface area contributed by atoms with Gasteiger partial charge in [0.2, 0.25) is 0 Å². The first-order chi connectivity index (χ1) is 6.08. The van der Waals surface area contributed by atoms with Gasteiger partial charge in [-0.1, -0.05) is 0 Å². The Balaban J connectivity index is 2.39. The highest BCUT2D eigenvalue weighted by Crippen LogP contribution is 2.24. The number of hydrogen-bond donors (Lipinski definition) is 1. The van der Waals surface area contributed by atoms with Crippen molar-refractivity contribution in [3.8, 4) is 6.07 Å². The van der Waals surface area contributed by atoms with Crippen LogP contribution in [0.2, 0.25) is 0 Å². The molecule has 1 aliphatic heterocycles. The van der Waals surface area contributed by atoms with Gasteiger partial charge in [-0.2, -0.15) is 5.26 Å².